The van der Waals surface area contributed by atoms with E-state index >= 15 is 0 Å². The molecule has 0 atom stereocenters. The highest BCUT2D eigenvalue weighted by Gasteiger charge is 1.97. The Morgan fingerprint density at radius 2 is 2.33 bits per heavy atom. The number of amidine groups is 1. The zero-order valence-corrected chi connectivity index (χ0v) is 10.7. The lowest BCUT2D eigenvalue weighted by molar-refractivity contribution is 0.316. The monoisotopic (exact) mass is 251 g/mol. The van der Waals surface area contributed by atoms with E-state index in [2.05, 4.69) is 16.5 Å². The van der Waals surface area contributed by atoms with Crippen LogP contribution >= 0.6 is 0 Å². The van der Waals surface area contributed by atoms with Crippen LogP contribution in [0.1, 0.15) is 25.3 Å². The van der Waals surface area contributed by atoms with Gasteiger partial charge in [0.05, 0.1) is 6.61 Å². The van der Waals surface area contributed by atoms with Gasteiger partial charge in [0.1, 0.15) is 11.6 Å². The molecule has 0 amide bonds. The maximum absolute atomic E-state index is 8.38. The average Bonchev–Trinajstić information content (AvgIpc) is 2.39. The van der Waals surface area contributed by atoms with Crippen molar-refractivity contribution in [3.05, 3.63) is 29.8 Å². The van der Waals surface area contributed by atoms with Crippen molar-refractivity contribution in [3.8, 4) is 5.75 Å². The minimum absolute atomic E-state index is 0.273. The molecule has 0 aliphatic carbocycles. The van der Waals surface area contributed by atoms with Crippen molar-refractivity contribution >= 4 is 5.84 Å². The number of oxime groups is 1. The molecule has 0 aliphatic rings. The van der Waals surface area contributed by atoms with Crippen LogP contribution in [0.2, 0.25) is 0 Å². The number of benzene rings is 1. The Morgan fingerprint density at radius 3 is 3.06 bits per heavy atom. The quantitative estimate of drug-likeness (QED) is 0.216. The van der Waals surface area contributed by atoms with Crippen LogP contribution in [0.3, 0.4) is 0 Å². The molecule has 0 aliphatic heterocycles. The minimum atomic E-state index is 0.273. The summed E-state index contributed by atoms with van der Waals surface area (Å²) in [6.07, 6.45) is 1.45. The Kier molecular flexibility index (Phi) is 6.64. The maximum atomic E-state index is 8.38. The third-order valence-corrected chi connectivity index (χ3v) is 2.45. The summed E-state index contributed by atoms with van der Waals surface area (Å²) in [5, 5.41) is 14.6. The van der Waals surface area contributed by atoms with Crippen molar-refractivity contribution in [2.24, 2.45) is 10.9 Å². The Balaban J connectivity index is 2.24. The first-order valence-electron chi connectivity index (χ1n) is 6.15. The second-order valence-corrected chi connectivity index (χ2v) is 3.95. The van der Waals surface area contributed by atoms with Crippen LogP contribution in [0.4, 0.5) is 0 Å². The first-order valence-corrected chi connectivity index (χ1v) is 6.15. The Labute approximate surface area is 108 Å². The van der Waals surface area contributed by atoms with Crippen LogP contribution in [0.5, 0.6) is 5.75 Å². The molecule has 0 fully saturated rings. The fourth-order valence-corrected chi connectivity index (χ4v) is 1.59. The number of nitrogens with zero attached hydrogens (tertiary/aromatic N) is 1. The fraction of sp³-hybridized carbons (Fsp3) is 0.462. The molecule has 1 rings (SSSR count). The molecule has 5 nitrogen and oxygen atoms in total. The van der Waals surface area contributed by atoms with E-state index in [0.717, 1.165) is 25.3 Å². The molecule has 0 spiro atoms. The average molecular weight is 251 g/mol. The van der Waals surface area contributed by atoms with Gasteiger partial charge in [-0.2, -0.15) is 0 Å². The van der Waals surface area contributed by atoms with Gasteiger partial charge in [0.15, 0.2) is 0 Å². The molecule has 0 saturated heterocycles. The summed E-state index contributed by atoms with van der Waals surface area (Å²) >= 11 is 0. The summed E-state index contributed by atoms with van der Waals surface area (Å²) < 4.78 is 5.43. The molecular formula is C13H21N3O2. The van der Waals surface area contributed by atoms with E-state index in [1.54, 1.807) is 0 Å². The topological polar surface area (TPSA) is 79.9 Å². The number of nitrogens with one attached hydrogen (secondary N) is 1. The zero-order chi connectivity index (χ0) is 13.2. The molecule has 1 aromatic carbocycles. The van der Waals surface area contributed by atoms with E-state index in [0.29, 0.717) is 13.0 Å². The molecule has 100 valence electrons. The molecule has 5 heteroatoms. The molecule has 0 unspecified atom stereocenters. The highest BCUT2D eigenvalue weighted by molar-refractivity contribution is 5.79. The molecule has 0 bridgehead atoms. The summed E-state index contributed by atoms with van der Waals surface area (Å²) in [4.78, 5) is 0. The number of hydrogen-bond donors (Lipinski definition) is 3. The molecule has 4 N–H and O–H groups in total. The fourth-order valence-electron chi connectivity index (χ4n) is 1.59. The molecule has 0 saturated carbocycles. The second-order valence-electron chi connectivity index (χ2n) is 3.95. The van der Waals surface area contributed by atoms with Crippen molar-refractivity contribution in [1.82, 2.24) is 5.32 Å². The number of ether oxygens (including phenoxy) is 1. The molecule has 18 heavy (non-hydrogen) atoms. The predicted octanol–water partition coefficient (Wildman–Crippen LogP) is 1.70. The van der Waals surface area contributed by atoms with Gasteiger partial charge in [0, 0.05) is 13.0 Å². The second kappa shape index (κ2) is 8.36. The molecular weight excluding hydrogens is 230 g/mol. The highest BCUT2D eigenvalue weighted by Crippen LogP contribution is 2.12. The van der Waals surface area contributed by atoms with E-state index in [4.69, 9.17) is 15.7 Å². The lowest BCUT2D eigenvalue weighted by atomic mass is 10.2. The standard InChI is InChI=1S/C13H21N3O2/c1-2-18-12-6-3-5-11(9-12)10-15-8-4-7-13(14)16-17/h3,5-6,9,15,17H,2,4,7-8,10H2,1H3,(H2,14,16). The summed E-state index contributed by atoms with van der Waals surface area (Å²) in [6.45, 7) is 4.26. The van der Waals surface area contributed by atoms with E-state index in [1.807, 2.05) is 25.1 Å². The SMILES string of the molecule is CCOc1cccc(CNCCC/C(N)=N/O)c1. The Hall–Kier alpha value is -1.75. The first-order chi connectivity index (χ1) is 8.76. The third-order valence-electron chi connectivity index (χ3n) is 2.45. The van der Waals surface area contributed by atoms with E-state index in [1.165, 1.54) is 5.56 Å². The summed E-state index contributed by atoms with van der Waals surface area (Å²) in [5.41, 5.74) is 6.56. The minimum Gasteiger partial charge on any atom is -0.494 e. The van der Waals surface area contributed by atoms with Gasteiger partial charge in [-0.1, -0.05) is 17.3 Å². The van der Waals surface area contributed by atoms with Gasteiger partial charge in [-0.3, -0.25) is 0 Å². The van der Waals surface area contributed by atoms with Crippen molar-refractivity contribution in [1.29, 1.82) is 0 Å². The summed E-state index contributed by atoms with van der Waals surface area (Å²) in [7, 11) is 0. The van der Waals surface area contributed by atoms with E-state index < -0.39 is 0 Å². The lowest BCUT2D eigenvalue weighted by Gasteiger charge is -2.07. The largest absolute Gasteiger partial charge is 0.494 e. The maximum Gasteiger partial charge on any atom is 0.139 e. The van der Waals surface area contributed by atoms with E-state index in [9.17, 15) is 0 Å². The van der Waals surface area contributed by atoms with Crippen molar-refractivity contribution < 1.29 is 9.94 Å². The van der Waals surface area contributed by atoms with Crippen LogP contribution in [0.15, 0.2) is 29.4 Å². The predicted molar refractivity (Wildman–Crippen MR) is 72.0 cm³/mol. The van der Waals surface area contributed by atoms with Crippen LogP contribution in [-0.2, 0) is 6.54 Å². The highest BCUT2D eigenvalue weighted by atomic mass is 16.5. The summed E-state index contributed by atoms with van der Waals surface area (Å²) in [6, 6.07) is 8.02. The van der Waals surface area contributed by atoms with Gasteiger partial charge in [-0.05, 0) is 37.6 Å². The van der Waals surface area contributed by atoms with Crippen molar-refractivity contribution in [2.75, 3.05) is 13.2 Å². The van der Waals surface area contributed by atoms with Gasteiger partial charge < -0.3 is 21.0 Å². The number of nitrogens with two attached hydrogens (primary N) is 1. The van der Waals surface area contributed by atoms with E-state index in [-0.39, 0.29) is 5.84 Å². The summed E-state index contributed by atoms with van der Waals surface area (Å²) in [5.74, 6) is 1.17. The Morgan fingerprint density at radius 1 is 1.50 bits per heavy atom. The zero-order valence-electron chi connectivity index (χ0n) is 10.7. The van der Waals surface area contributed by atoms with Gasteiger partial charge in [-0.15, -0.1) is 0 Å². The third kappa shape index (κ3) is 5.54. The Bertz CT molecular complexity index is 380. The molecule has 0 heterocycles. The van der Waals surface area contributed by atoms with Crippen LogP contribution in [0, 0.1) is 0 Å². The van der Waals surface area contributed by atoms with Gasteiger partial charge in [0.25, 0.3) is 0 Å². The van der Waals surface area contributed by atoms with Crippen molar-refractivity contribution in [2.45, 2.75) is 26.3 Å². The number of hydrogen-bond acceptors (Lipinski definition) is 4. The first kappa shape index (κ1) is 14.3. The van der Waals surface area contributed by atoms with Crippen LogP contribution < -0.4 is 15.8 Å². The van der Waals surface area contributed by atoms with Crippen LogP contribution in [-0.4, -0.2) is 24.2 Å². The normalized spacial score (nSPS) is 11.5. The molecule has 1 aromatic rings. The van der Waals surface area contributed by atoms with Crippen LogP contribution in [0.25, 0.3) is 0 Å². The lowest BCUT2D eigenvalue weighted by Crippen LogP contribution is -2.18. The van der Waals surface area contributed by atoms with Gasteiger partial charge in [0.2, 0.25) is 0 Å². The molecule has 0 aromatic heterocycles. The van der Waals surface area contributed by atoms with Gasteiger partial charge in [-0.25, -0.2) is 0 Å². The number of rotatable bonds is 8. The smallest absolute Gasteiger partial charge is 0.139 e. The van der Waals surface area contributed by atoms with Gasteiger partial charge >= 0.3 is 0 Å². The van der Waals surface area contributed by atoms with Crippen molar-refractivity contribution in [3.63, 3.8) is 0 Å². The molecule has 0 radical (unpaired) electrons.